The maximum atomic E-state index is 12.6. The van der Waals surface area contributed by atoms with Crippen LogP contribution in [0.1, 0.15) is 47.5 Å². The highest BCUT2D eigenvalue weighted by Gasteiger charge is 2.50. The molecule has 0 amide bonds. The highest BCUT2D eigenvalue weighted by atomic mass is 16.6. The van der Waals surface area contributed by atoms with Crippen LogP contribution in [0.25, 0.3) is 0 Å². The van der Waals surface area contributed by atoms with E-state index in [1.165, 1.54) is 13.8 Å². The maximum absolute atomic E-state index is 12.6. The second kappa shape index (κ2) is 9.78. The number of aliphatic hydroxyl groups excluding tert-OH is 1. The lowest BCUT2D eigenvalue weighted by atomic mass is 9.83. The summed E-state index contributed by atoms with van der Waals surface area (Å²) >= 11 is 0. The Balaban J connectivity index is 2.64. The Labute approximate surface area is 182 Å². The Bertz CT molecular complexity index is 799. The molecule has 0 aromatic carbocycles. The monoisotopic (exact) mass is 436 g/mol. The lowest BCUT2D eigenvalue weighted by Crippen LogP contribution is -2.48. The number of ether oxygens (including phenoxy) is 3. The molecule has 0 bridgehead atoms. The van der Waals surface area contributed by atoms with E-state index in [9.17, 15) is 24.6 Å². The van der Waals surface area contributed by atoms with E-state index in [1.807, 2.05) is 6.92 Å². The van der Waals surface area contributed by atoms with E-state index in [4.69, 9.17) is 14.2 Å². The van der Waals surface area contributed by atoms with E-state index in [0.717, 1.165) is 5.57 Å². The van der Waals surface area contributed by atoms with Gasteiger partial charge in [-0.15, -0.1) is 0 Å². The second-order valence-electron chi connectivity index (χ2n) is 8.85. The lowest BCUT2D eigenvalue weighted by Gasteiger charge is -2.35. The van der Waals surface area contributed by atoms with Gasteiger partial charge in [0.25, 0.3) is 0 Å². The largest absolute Gasteiger partial charge is 0.457 e. The van der Waals surface area contributed by atoms with Crippen molar-refractivity contribution in [1.82, 2.24) is 0 Å². The highest BCUT2D eigenvalue weighted by Crippen LogP contribution is 2.38. The van der Waals surface area contributed by atoms with Crippen LogP contribution in [0.5, 0.6) is 0 Å². The molecule has 1 aliphatic heterocycles. The third kappa shape index (κ3) is 5.83. The Morgan fingerprint density at radius 3 is 2.52 bits per heavy atom. The molecule has 1 saturated heterocycles. The van der Waals surface area contributed by atoms with E-state index >= 15 is 0 Å². The van der Waals surface area contributed by atoms with Gasteiger partial charge >= 0.3 is 17.9 Å². The summed E-state index contributed by atoms with van der Waals surface area (Å²) in [6.45, 7) is 11.1. The van der Waals surface area contributed by atoms with E-state index in [2.05, 4.69) is 6.58 Å². The van der Waals surface area contributed by atoms with Crippen LogP contribution in [0.15, 0.2) is 35.5 Å². The third-order valence-corrected chi connectivity index (χ3v) is 5.31. The summed E-state index contributed by atoms with van der Waals surface area (Å²) < 4.78 is 16.8. The zero-order valence-electron chi connectivity index (χ0n) is 18.7. The molecule has 0 saturated carbocycles. The van der Waals surface area contributed by atoms with Crippen LogP contribution in [0.3, 0.4) is 0 Å². The number of hydrogen-bond donors (Lipinski definition) is 2. The van der Waals surface area contributed by atoms with Gasteiger partial charge in [0.05, 0.1) is 18.4 Å². The summed E-state index contributed by atoms with van der Waals surface area (Å²) in [6.07, 6.45) is 1.44. The van der Waals surface area contributed by atoms with Crippen molar-refractivity contribution in [1.29, 1.82) is 0 Å². The van der Waals surface area contributed by atoms with Crippen molar-refractivity contribution in [2.45, 2.75) is 71.4 Å². The molecule has 172 valence electrons. The fraction of sp³-hybridized carbons (Fsp3) is 0.609. The summed E-state index contributed by atoms with van der Waals surface area (Å²) in [5.74, 6) is -3.50. The van der Waals surface area contributed by atoms with Crippen LogP contribution in [-0.4, -0.2) is 58.6 Å². The van der Waals surface area contributed by atoms with Gasteiger partial charge in [0.15, 0.2) is 17.8 Å². The summed E-state index contributed by atoms with van der Waals surface area (Å²) in [7, 11) is 0. The van der Waals surface area contributed by atoms with E-state index in [-0.39, 0.29) is 5.57 Å². The van der Waals surface area contributed by atoms with Gasteiger partial charge in [-0.3, -0.25) is 4.79 Å². The molecular weight excluding hydrogens is 404 g/mol. The molecule has 0 unspecified atom stereocenters. The fourth-order valence-electron chi connectivity index (χ4n) is 3.46. The van der Waals surface area contributed by atoms with Gasteiger partial charge in [-0.05, 0) is 45.3 Å². The predicted molar refractivity (Wildman–Crippen MR) is 112 cm³/mol. The van der Waals surface area contributed by atoms with Crippen LogP contribution < -0.4 is 0 Å². The van der Waals surface area contributed by atoms with Crippen LogP contribution in [-0.2, 0) is 28.6 Å². The average Bonchev–Trinajstić information content (AvgIpc) is 2.93. The number of carbonyl (C=O) groups excluding carboxylic acids is 3. The smallest absolute Gasteiger partial charge is 0.338 e. The summed E-state index contributed by atoms with van der Waals surface area (Å²) in [5.41, 5.74) is -0.485. The van der Waals surface area contributed by atoms with Crippen LogP contribution in [0.2, 0.25) is 0 Å². The summed E-state index contributed by atoms with van der Waals surface area (Å²) in [5, 5.41) is 20.1. The molecule has 31 heavy (non-hydrogen) atoms. The molecule has 2 aliphatic rings. The topological polar surface area (TPSA) is 119 Å². The molecular formula is C23H32O8. The Kier molecular flexibility index (Phi) is 7.83. The van der Waals surface area contributed by atoms with Crippen molar-refractivity contribution >= 4 is 17.9 Å². The van der Waals surface area contributed by atoms with E-state index < -0.39 is 60.3 Å². The Morgan fingerprint density at radius 2 is 1.97 bits per heavy atom. The molecule has 2 rings (SSSR count). The van der Waals surface area contributed by atoms with Crippen molar-refractivity contribution in [3.8, 4) is 0 Å². The number of allylic oxidation sites excluding steroid dienone is 2. The normalized spacial score (nSPS) is 30.5. The fourth-order valence-corrected chi connectivity index (χ4v) is 3.46. The minimum atomic E-state index is -1.82. The van der Waals surface area contributed by atoms with Gasteiger partial charge in [0, 0.05) is 5.57 Å². The van der Waals surface area contributed by atoms with Crippen molar-refractivity contribution in [2.75, 3.05) is 6.61 Å². The van der Waals surface area contributed by atoms with Crippen LogP contribution in [0, 0.1) is 11.8 Å². The SMILES string of the molecule is C=C1C(=O)O[C@@H]2/C=C(\C)CC/C=C(/CO)[C@H](OC(=O)C(C)(C)O)[C@@H](OC(=O)C(C)C)[C@@H]12. The molecule has 8 heteroatoms. The number of esters is 3. The lowest BCUT2D eigenvalue weighted by molar-refractivity contribution is -0.182. The maximum Gasteiger partial charge on any atom is 0.338 e. The molecule has 8 nitrogen and oxygen atoms in total. The molecule has 1 heterocycles. The molecule has 0 aromatic rings. The summed E-state index contributed by atoms with van der Waals surface area (Å²) in [4.78, 5) is 37.5. The van der Waals surface area contributed by atoms with Crippen LogP contribution in [0.4, 0.5) is 0 Å². The summed E-state index contributed by atoms with van der Waals surface area (Å²) in [6, 6.07) is 0. The standard InChI is InChI=1S/C23H32O8/c1-12(2)20(25)30-19-17-14(4)21(26)29-16(17)10-13(3)8-7-9-15(11-24)18(19)31-22(27)23(5,6)28/h9-10,12,16-19,24,28H,4,7-8,11H2,1-3,5-6H3/b13-10+,15-9-/t16-,17+,18+,19+/m1/s1. The first-order chi connectivity index (χ1) is 14.4. The van der Waals surface area contributed by atoms with E-state index in [1.54, 1.807) is 26.0 Å². The molecule has 1 aliphatic carbocycles. The van der Waals surface area contributed by atoms with Crippen LogP contribution >= 0.6 is 0 Å². The van der Waals surface area contributed by atoms with Gasteiger partial charge in [-0.25, -0.2) is 9.59 Å². The zero-order valence-corrected chi connectivity index (χ0v) is 18.7. The van der Waals surface area contributed by atoms with Crippen molar-refractivity contribution < 1.29 is 38.8 Å². The van der Waals surface area contributed by atoms with Gasteiger partial charge in [-0.2, -0.15) is 0 Å². The van der Waals surface area contributed by atoms with Crippen molar-refractivity contribution in [2.24, 2.45) is 11.8 Å². The Morgan fingerprint density at radius 1 is 1.32 bits per heavy atom. The highest BCUT2D eigenvalue weighted by molar-refractivity contribution is 5.91. The van der Waals surface area contributed by atoms with Crippen molar-refractivity contribution in [3.63, 3.8) is 0 Å². The number of rotatable bonds is 5. The van der Waals surface area contributed by atoms with Gasteiger partial charge < -0.3 is 24.4 Å². The first-order valence-corrected chi connectivity index (χ1v) is 10.4. The minimum absolute atomic E-state index is 0.0813. The molecule has 4 atom stereocenters. The first-order valence-electron chi connectivity index (χ1n) is 10.4. The van der Waals surface area contributed by atoms with Gasteiger partial charge in [-0.1, -0.05) is 32.1 Å². The minimum Gasteiger partial charge on any atom is -0.457 e. The molecule has 0 aromatic heterocycles. The van der Waals surface area contributed by atoms with Gasteiger partial charge in [0.1, 0.15) is 6.10 Å². The molecule has 2 N–H and O–H groups in total. The number of aliphatic hydroxyl groups is 2. The molecule has 0 radical (unpaired) electrons. The number of carbonyl (C=O) groups is 3. The van der Waals surface area contributed by atoms with Crippen molar-refractivity contribution in [3.05, 3.63) is 35.5 Å². The Hall–Kier alpha value is -2.45. The number of hydrogen-bond acceptors (Lipinski definition) is 8. The zero-order chi connectivity index (χ0) is 23.5. The number of fused-ring (bicyclic) bond motifs is 1. The predicted octanol–water partition coefficient (Wildman–Crippen LogP) is 1.99. The molecule has 0 spiro atoms. The quantitative estimate of drug-likeness (QED) is 0.291. The van der Waals surface area contributed by atoms with E-state index in [0.29, 0.717) is 18.4 Å². The average molecular weight is 437 g/mol. The third-order valence-electron chi connectivity index (χ3n) is 5.31. The molecule has 1 fully saturated rings. The first kappa shape index (κ1) is 24.8. The van der Waals surface area contributed by atoms with Gasteiger partial charge in [0.2, 0.25) is 0 Å². The second-order valence-corrected chi connectivity index (χ2v) is 8.85.